The standard InChI is InChI=1S/C21H25FN2O/c1-5-15(14(2)23)11-20(25)21(3,4)18-8-6-7-16(9-18)17-10-19(22)13-24-12-17/h6-10,12-13,15,23H,5,11H2,1-4H3. The van der Waals surface area contributed by atoms with Crippen LogP contribution in [0.15, 0.2) is 42.7 Å². The summed E-state index contributed by atoms with van der Waals surface area (Å²) in [7, 11) is 0. The number of carbonyl (C=O) groups excluding carboxylic acids is 1. The molecule has 0 aliphatic heterocycles. The van der Waals surface area contributed by atoms with Crippen molar-refractivity contribution < 1.29 is 9.18 Å². The zero-order chi connectivity index (χ0) is 18.6. The van der Waals surface area contributed by atoms with Gasteiger partial charge in [-0.25, -0.2) is 4.39 Å². The molecule has 0 bridgehead atoms. The molecule has 1 atom stereocenters. The molecule has 2 aromatic rings. The van der Waals surface area contributed by atoms with Crippen molar-refractivity contribution >= 4 is 11.5 Å². The van der Waals surface area contributed by atoms with E-state index in [1.54, 1.807) is 13.1 Å². The van der Waals surface area contributed by atoms with Gasteiger partial charge in [0.1, 0.15) is 11.6 Å². The predicted molar refractivity (Wildman–Crippen MR) is 99.5 cm³/mol. The fourth-order valence-corrected chi connectivity index (χ4v) is 2.90. The number of hydrogen-bond acceptors (Lipinski definition) is 3. The topological polar surface area (TPSA) is 53.8 Å². The molecule has 3 nitrogen and oxygen atoms in total. The van der Waals surface area contributed by atoms with E-state index in [1.807, 2.05) is 45.0 Å². The Balaban J connectivity index is 2.32. The molecular formula is C21H25FN2O. The maximum atomic E-state index is 13.4. The summed E-state index contributed by atoms with van der Waals surface area (Å²) in [4.78, 5) is 16.8. The summed E-state index contributed by atoms with van der Waals surface area (Å²) in [6.07, 6.45) is 3.94. The Labute approximate surface area is 148 Å². The minimum Gasteiger partial charge on any atom is -0.310 e. The van der Waals surface area contributed by atoms with Gasteiger partial charge in [-0.15, -0.1) is 0 Å². The first-order chi connectivity index (χ1) is 11.8. The number of pyridine rings is 1. The highest BCUT2D eigenvalue weighted by Crippen LogP contribution is 2.31. The molecule has 1 N–H and O–H groups in total. The number of halogens is 1. The van der Waals surface area contributed by atoms with Crippen LogP contribution in [0, 0.1) is 17.1 Å². The normalized spacial score (nSPS) is 12.7. The molecule has 0 fully saturated rings. The van der Waals surface area contributed by atoms with Crippen LogP contribution in [0.5, 0.6) is 0 Å². The van der Waals surface area contributed by atoms with Crippen LogP contribution in [0.25, 0.3) is 11.1 Å². The van der Waals surface area contributed by atoms with Crippen LogP contribution in [0.4, 0.5) is 4.39 Å². The molecule has 25 heavy (non-hydrogen) atoms. The van der Waals surface area contributed by atoms with Gasteiger partial charge in [-0.2, -0.15) is 0 Å². The Kier molecular flexibility index (Phi) is 5.83. The van der Waals surface area contributed by atoms with E-state index in [1.165, 1.54) is 12.3 Å². The molecule has 1 aromatic heterocycles. The zero-order valence-electron chi connectivity index (χ0n) is 15.3. The van der Waals surface area contributed by atoms with Gasteiger partial charge in [-0.05, 0) is 44.4 Å². The minimum absolute atomic E-state index is 0.0117. The van der Waals surface area contributed by atoms with Crippen LogP contribution in [0.1, 0.15) is 46.1 Å². The van der Waals surface area contributed by atoms with Crippen LogP contribution in [0.2, 0.25) is 0 Å². The van der Waals surface area contributed by atoms with Crippen molar-refractivity contribution in [2.45, 2.75) is 46.0 Å². The first-order valence-electron chi connectivity index (χ1n) is 8.55. The van der Waals surface area contributed by atoms with Gasteiger partial charge in [0.15, 0.2) is 0 Å². The number of aromatic nitrogens is 1. The molecule has 132 valence electrons. The lowest BCUT2D eigenvalue weighted by Gasteiger charge is -2.26. The molecule has 0 aliphatic rings. The summed E-state index contributed by atoms with van der Waals surface area (Å²) in [5, 5.41) is 7.83. The van der Waals surface area contributed by atoms with E-state index in [0.29, 0.717) is 17.7 Å². The van der Waals surface area contributed by atoms with Gasteiger partial charge in [-0.3, -0.25) is 9.78 Å². The molecule has 0 radical (unpaired) electrons. The van der Waals surface area contributed by atoms with Crippen molar-refractivity contribution in [1.82, 2.24) is 4.98 Å². The lowest BCUT2D eigenvalue weighted by atomic mass is 9.76. The fraction of sp³-hybridized carbons (Fsp3) is 0.381. The van der Waals surface area contributed by atoms with Crippen LogP contribution in [-0.4, -0.2) is 16.5 Å². The number of benzene rings is 1. The second kappa shape index (κ2) is 7.68. The summed E-state index contributed by atoms with van der Waals surface area (Å²) >= 11 is 0. The second-order valence-electron chi connectivity index (χ2n) is 7.01. The molecule has 1 unspecified atom stereocenters. The Morgan fingerprint density at radius 1 is 1.24 bits per heavy atom. The van der Waals surface area contributed by atoms with Gasteiger partial charge in [-0.1, -0.05) is 31.2 Å². The highest BCUT2D eigenvalue weighted by atomic mass is 19.1. The zero-order valence-corrected chi connectivity index (χ0v) is 15.3. The number of nitrogens with zero attached hydrogens (tertiary/aromatic N) is 1. The predicted octanol–water partition coefficient (Wildman–Crippen LogP) is 5.19. The molecule has 0 spiro atoms. The van der Waals surface area contributed by atoms with Crippen LogP contribution in [0.3, 0.4) is 0 Å². The molecule has 4 heteroatoms. The largest absolute Gasteiger partial charge is 0.310 e. The smallest absolute Gasteiger partial charge is 0.143 e. The van der Waals surface area contributed by atoms with Crippen molar-refractivity contribution in [3.05, 3.63) is 54.1 Å². The lowest BCUT2D eigenvalue weighted by molar-refractivity contribution is -0.124. The first kappa shape index (κ1) is 19.0. The van der Waals surface area contributed by atoms with E-state index in [-0.39, 0.29) is 17.5 Å². The third-order valence-electron chi connectivity index (χ3n) is 4.86. The van der Waals surface area contributed by atoms with Crippen LogP contribution < -0.4 is 0 Å². The third-order valence-corrected chi connectivity index (χ3v) is 4.86. The number of carbonyl (C=O) groups is 1. The van der Waals surface area contributed by atoms with Gasteiger partial charge >= 0.3 is 0 Å². The number of ketones is 1. The molecule has 1 aromatic carbocycles. The van der Waals surface area contributed by atoms with Gasteiger partial charge in [0.25, 0.3) is 0 Å². The van der Waals surface area contributed by atoms with E-state index in [2.05, 4.69) is 4.98 Å². The van der Waals surface area contributed by atoms with Gasteiger partial charge in [0.05, 0.1) is 6.20 Å². The highest BCUT2D eigenvalue weighted by Gasteiger charge is 2.31. The maximum absolute atomic E-state index is 13.4. The average Bonchev–Trinajstić information content (AvgIpc) is 2.59. The Bertz CT molecular complexity index is 783. The van der Waals surface area contributed by atoms with E-state index in [4.69, 9.17) is 5.41 Å². The number of rotatable bonds is 7. The van der Waals surface area contributed by atoms with Crippen molar-refractivity contribution in [1.29, 1.82) is 5.41 Å². The fourth-order valence-electron chi connectivity index (χ4n) is 2.90. The van der Waals surface area contributed by atoms with E-state index in [0.717, 1.165) is 17.5 Å². The molecule has 2 rings (SSSR count). The first-order valence-corrected chi connectivity index (χ1v) is 8.55. The van der Waals surface area contributed by atoms with E-state index in [9.17, 15) is 9.18 Å². The maximum Gasteiger partial charge on any atom is 0.143 e. The summed E-state index contributed by atoms with van der Waals surface area (Å²) in [5.41, 5.74) is 2.29. The molecule has 0 aliphatic carbocycles. The van der Waals surface area contributed by atoms with Gasteiger partial charge in [0.2, 0.25) is 0 Å². The Hall–Kier alpha value is -2.36. The van der Waals surface area contributed by atoms with Crippen molar-refractivity contribution in [3.8, 4) is 11.1 Å². The number of hydrogen-bond donors (Lipinski definition) is 1. The van der Waals surface area contributed by atoms with Crippen LogP contribution in [-0.2, 0) is 10.2 Å². The second-order valence-corrected chi connectivity index (χ2v) is 7.01. The van der Waals surface area contributed by atoms with Gasteiger partial charge in [0, 0.05) is 35.2 Å². The molecule has 1 heterocycles. The summed E-state index contributed by atoms with van der Waals surface area (Å²) in [5.74, 6) is -0.284. The lowest BCUT2D eigenvalue weighted by Crippen LogP contribution is -2.31. The molecule has 0 amide bonds. The summed E-state index contributed by atoms with van der Waals surface area (Å²) < 4.78 is 13.4. The molecular weight excluding hydrogens is 315 g/mol. The molecule has 0 saturated carbocycles. The average molecular weight is 340 g/mol. The Morgan fingerprint density at radius 2 is 1.96 bits per heavy atom. The van der Waals surface area contributed by atoms with E-state index >= 15 is 0 Å². The monoisotopic (exact) mass is 340 g/mol. The Morgan fingerprint density at radius 3 is 2.56 bits per heavy atom. The van der Waals surface area contributed by atoms with E-state index < -0.39 is 5.41 Å². The SMILES string of the molecule is CCC(CC(=O)C(C)(C)c1cccc(-c2cncc(F)c2)c1)C(C)=N. The number of Topliss-reactive ketones (excluding diaryl/α,β-unsaturated/α-hetero) is 1. The summed E-state index contributed by atoms with van der Waals surface area (Å²) in [6.45, 7) is 7.57. The third kappa shape index (κ3) is 4.38. The van der Waals surface area contributed by atoms with Crippen molar-refractivity contribution in [2.24, 2.45) is 5.92 Å². The van der Waals surface area contributed by atoms with Gasteiger partial charge < -0.3 is 5.41 Å². The van der Waals surface area contributed by atoms with Crippen molar-refractivity contribution in [2.75, 3.05) is 0 Å². The molecule has 0 saturated heterocycles. The van der Waals surface area contributed by atoms with Crippen LogP contribution >= 0.6 is 0 Å². The number of nitrogens with one attached hydrogen (secondary N) is 1. The minimum atomic E-state index is -0.667. The highest BCUT2D eigenvalue weighted by molar-refractivity contribution is 5.94. The summed E-state index contributed by atoms with van der Waals surface area (Å²) in [6, 6.07) is 9.05. The quantitative estimate of drug-likeness (QED) is 0.705. The van der Waals surface area contributed by atoms with Crippen molar-refractivity contribution in [3.63, 3.8) is 0 Å².